The van der Waals surface area contributed by atoms with Crippen molar-refractivity contribution in [3.05, 3.63) is 53.6 Å². The number of rotatable bonds is 9. The van der Waals surface area contributed by atoms with Gasteiger partial charge in [0.25, 0.3) is 0 Å². The summed E-state index contributed by atoms with van der Waals surface area (Å²) in [5.74, 6) is 0.439. The molecule has 0 heterocycles. The summed E-state index contributed by atoms with van der Waals surface area (Å²) in [6.45, 7) is -0.0451. The first-order valence-electron chi connectivity index (χ1n) is 8.25. The summed E-state index contributed by atoms with van der Waals surface area (Å²) in [6, 6.07) is 12.0. The van der Waals surface area contributed by atoms with Gasteiger partial charge in [-0.15, -0.1) is 0 Å². The molecule has 2 aromatic rings. The Bertz CT molecular complexity index is 746. The average molecular weight is 374 g/mol. The number of hydrogen-bond donors (Lipinski definition) is 0. The van der Waals surface area contributed by atoms with E-state index in [1.165, 1.54) is 21.3 Å². The molecule has 144 valence electrons. The van der Waals surface area contributed by atoms with Gasteiger partial charge in [-0.3, -0.25) is 4.79 Å². The fourth-order valence-corrected chi connectivity index (χ4v) is 2.40. The van der Waals surface area contributed by atoms with Gasteiger partial charge in [-0.05, 0) is 29.8 Å². The molecular formula is C20H22O7. The number of benzene rings is 2. The standard InChI is InChI=1S/C20H22O7/c1-23-16-11-14(12-17(24-2)19(16)25-3)13-18(21)26-9-10-27-20(22)15-7-5-4-6-8-15/h4-8,11-12H,9-10,13H2,1-3H3. The predicted molar refractivity (Wildman–Crippen MR) is 97.5 cm³/mol. The highest BCUT2D eigenvalue weighted by molar-refractivity contribution is 5.89. The number of methoxy groups -OCH3 is 3. The third-order valence-electron chi connectivity index (χ3n) is 3.66. The van der Waals surface area contributed by atoms with E-state index in [4.69, 9.17) is 23.7 Å². The van der Waals surface area contributed by atoms with Crippen molar-refractivity contribution in [3.63, 3.8) is 0 Å². The second-order valence-corrected chi connectivity index (χ2v) is 5.43. The molecule has 0 fully saturated rings. The van der Waals surface area contributed by atoms with Crippen LogP contribution in [0.4, 0.5) is 0 Å². The van der Waals surface area contributed by atoms with Crippen LogP contribution in [0.3, 0.4) is 0 Å². The van der Waals surface area contributed by atoms with Crippen LogP contribution in [0.1, 0.15) is 15.9 Å². The fourth-order valence-electron chi connectivity index (χ4n) is 2.40. The van der Waals surface area contributed by atoms with Gasteiger partial charge >= 0.3 is 11.9 Å². The Labute approximate surface area is 157 Å². The van der Waals surface area contributed by atoms with Crippen molar-refractivity contribution in [2.45, 2.75) is 6.42 Å². The van der Waals surface area contributed by atoms with Crippen molar-refractivity contribution >= 4 is 11.9 Å². The lowest BCUT2D eigenvalue weighted by Crippen LogP contribution is -2.15. The molecule has 27 heavy (non-hydrogen) atoms. The smallest absolute Gasteiger partial charge is 0.338 e. The molecule has 0 atom stereocenters. The zero-order chi connectivity index (χ0) is 19.6. The van der Waals surface area contributed by atoms with Gasteiger partial charge in [-0.2, -0.15) is 0 Å². The average Bonchev–Trinajstić information content (AvgIpc) is 2.70. The summed E-state index contributed by atoms with van der Waals surface area (Å²) in [7, 11) is 4.51. The van der Waals surface area contributed by atoms with E-state index >= 15 is 0 Å². The normalized spacial score (nSPS) is 10.0. The van der Waals surface area contributed by atoms with E-state index in [-0.39, 0.29) is 19.6 Å². The van der Waals surface area contributed by atoms with E-state index < -0.39 is 11.9 Å². The molecule has 0 radical (unpaired) electrons. The first-order valence-corrected chi connectivity index (χ1v) is 8.25. The number of esters is 2. The summed E-state index contributed by atoms with van der Waals surface area (Å²) >= 11 is 0. The lowest BCUT2D eigenvalue weighted by Gasteiger charge is -2.14. The second kappa shape index (κ2) is 10.1. The number of carbonyl (C=O) groups is 2. The van der Waals surface area contributed by atoms with Gasteiger partial charge in [0.05, 0.1) is 33.3 Å². The van der Waals surface area contributed by atoms with Crippen LogP contribution in [-0.2, 0) is 20.7 Å². The first-order chi connectivity index (χ1) is 13.1. The molecular weight excluding hydrogens is 352 g/mol. The lowest BCUT2D eigenvalue weighted by atomic mass is 10.1. The summed E-state index contributed by atoms with van der Waals surface area (Å²) in [5.41, 5.74) is 1.09. The van der Waals surface area contributed by atoms with Crippen LogP contribution in [0.5, 0.6) is 17.2 Å². The van der Waals surface area contributed by atoms with Crippen LogP contribution in [0.15, 0.2) is 42.5 Å². The van der Waals surface area contributed by atoms with Gasteiger partial charge in [-0.25, -0.2) is 4.79 Å². The summed E-state index contributed by atoms with van der Waals surface area (Å²) in [6.07, 6.45) is 0.0172. The highest BCUT2D eigenvalue weighted by Gasteiger charge is 2.15. The van der Waals surface area contributed by atoms with Crippen molar-refractivity contribution in [3.8, 4) is 17.2 Å². The third kappa shape index (κ3) is 5.64. The quantitative estimate of drug-likeness (QED) is 0.493. The summed E-state index contributed by atoms with van der Waals surface area (Å²) in [5, 5.41) is 0. The molecule has 0 saturated heterocycles. The minimum Gasteiger partial charge on any atom is -0.493 e. The van der Waals surface area contributed by atoms with E-state index in [1.807, 2.05) is 6.07 Å². The maximum absolute atomic E-state index is 12.0. The Morgan fingerprint density at radius 1 is 0.815 bits per heavy atom. The molecule has 7 heteroatoms. The van der Waals surface area contributed by atoms with Crippen molar-refractivity contribution in [2.75, 3.05) is 34.5 Å². The highest BCUT2D eigenvalue weighted by atomic mass is 16.6. The van der Waals surface area contributed by atoms with E-state index in [9.17, 15) is 9.59 Å². The van der Waals surface area contributed by atoms with E-state index in [2.05, 4.69) is 0 Å². The van der Waals surface area contributed by atoms with E-state index in [0.29, 0.717) is 28.4 Å². The van der Waals surface area contributed by atoms with Gasteiger partial charge < -0.3 is 23.7 Å². The predicted octanol–water partition coefficient (Wildman–Crippen LogP) is 2.66. The molecule has 7 nitrogen and oxygen atoms in total. The Morgan fingerprint density at radius 3 is 1.96 bits per heavy atom. The zero-order valence-electron chi connectivity index (χ0n) is 15.5. The molecule has 0 bridgehead atoms. The van der Waals surface area contributed by atoms with Gasteiger partial charge in [-0.1, -0.05) is 18.2 Å². The SMILES string of the molecule is COc1cc(CC(=O)OCCOC(=O)c2ccccc2)cc(OC)c1OC. The molecule has 2 aromatic carbocycles. The molecule has 0 aliphatic rings. The van der Waals surface area contributed by atoms with Gasteiger partial charge in [0.15, 0.2) is 11.5 Å². The van der Waals surface area contributed by atoms with Crippen molar-refractivity contribution in [1.82, 2.24) is 0 Å². The Morgan fingerprint density at radius 2 is 1.41 bits per heavy atom. The van der Waals surface area contributed by atoms with Crippen LogP contribution in [0.25, 0.3) is 0 Å². The van der Waals surface area contributed by atoms with Gasteiger partial charge in [0.1, 0.15) is 13.2 Å². The minimum atomic E-state index is -0.462. The molecule has 0 N–H and O–H groups in total. The van der Waals surface area contributed by atoms with Gasteiger partial charge in [0.2, 0.25) is 5.75 Å². The highest BCUT2D eigenvalue weighted by Crippen LogP contribution is 2.38. The number of ether oxygens (including phenoxy) is 5. The zero-order valence-corrected chi connectivity index (χ0v) is 15.5. The largest absolute Gasteiger partial charge is 0.493 e. The minimum absolute atomic E-state index is 0.0172. The van der Waals surface area contributed by atoms with E-state index in [0.717, 1.165) is 0 Å². The summed E-state index contributed by atoms with van der Waals surface area (Å²) in [4.78, 5) is 23.8. The Kier molecular flexibility index (Phi) is 7.49. The molecule has 0 aromatic heterocycles. The second-order valence-electron chi connectivity index (χ2n) is 5.43. The summed E-state index contributed by atoms with van der Waals surface area (Å²) < 4.78 is 25.9. The Hall–Kier alpha value is -3.22. The molecule has 2 rings (SSSR count). The number of hydrogen-bond acceptors (Lipinski definition) is 7. The van der Waals surface area contributed by atoms with Crippen LogP contribution in [-0.4, -0.2) is 46.5 Å². The van der Waals surface area contributed by atoms with Gasteiger partial charge in [0, 0.05) is 0 Å². The molecule has 0 amide bonds. The van der Waals surface area contributed by atoms with E-state index in [1.54, 1.807) is 36.4 Å². The van der Waals surface area contributed by atoms with Crippen LogP contribution >= 0.6 is 0 Å². The molecule has 0 aliphatic carbocycles. The van der Waals surface area contributed by atoms with Crippen molar-refractivity contribution in [2.24, 2.45) is 0 Å². The molecule has 0 unspecified atom stereocenters. The fraction of sp³-hybridized carbons (Fsp3) is 0.300. The molecule has 0 saturated carbocycles. The topological polar surface area (TPSA) is 80.3 Å². The molecule has 0 spiro atoms. The van der Waals surface area contributed by atoms with Crippen LogP contribution < -0.4 is 14.2 Å². The lowest BCUT2D eigenvalue weighted by molar-refractivity contribution is -0.143. The number of carbonyl (C=O) groups excluding carboxylic acids is 2. The monoisotopic (exact) mass is 374 g/mol. The Balaban J connectivity index is 1.84. The maximum Gasteiger partial charge on any atom is 0.338 e. The first kappa shape index (κ1) is 20.1. The van der Waals surface area contributed by atoms with Crippen molar-refractivity contribution in [1.29, 1.82) is 0 Å². The maximum atomic E-state index is 12.0. The molecule has 0 aliphatic heterocycles. The van der Waals surface area contributed by atoms with Crippen LogP contribution in [0.2, 0.25) is 0 Å². The van der Waals surface area contributed by atoms with Crippen LogP contribution in [0, 0.1) is 0 Å². The third-order valence-corrected chi connectivity index (χ3v) is 3.66. The van der Waals surface area contributed by atoms with Crippen molar-refractivity contribution < 1.29 is 33.3 Å².